The van der Waals surface area contributed by atoms with Gasteiger partial charge in [0.2, 0.25) is 5.82 Å². The van der Waals surface area contributed by atoms with Crippen molar-refractivity contribution in [1.29, 1.82) is 0 Å². The summed E-state index contributed by atoms with van der Waals surface area (Å²) >= 11 is 0. The Balaban J connectivity index is 1.27. The van der Waals surface area contributed by atoms with Crippen molar-refractivity contribution in [3.05, 3.63) is 106 Å². The van der Waals surface area contributed by atoms with E-state index in [9.17, 15) is 36.3 Å². The van der Waals surface area contributed by atoms with Crippen molar-refractivity contribution >= 4 is 17.5 Å². The van der Waals surface area contributed by atoms with Crippen LogP contribution in [-0.2, 0) is 19.6 Å². The highest BCUT2D eigenvalue weighted by Crippen LogP contribution is 2.23. The van der Waals surface area contributed by atoms with Crippen LogP contribution in [0.1, 0.15) is 32.8 Å². The van der Waals surface area contributed by atoms with Crippen LogP contribution in [0.15, 0.2) is 77.9 Å². The van der Waals surface area contributed by atoms with Crippen LogP contribution in [0.25, 0.3) is 0 Å². The van der Waals surface area contributed by atoms with Gasteiger partial charge in [-0.05, 0) is 42.3 Å². The fourth-order valence-electron chi connectivity index (χ4n) is 3.79. The summed E-state index contributed by atoms with van der Waals surface area (Å²) in [6.07, 6.45) is -4.19. The highest BCUT2D eigenvalue weighted by Gasteiger charge is 2.31. The third-order valence-corrected chi connectivity index (χ3v) is 5.82. The first kappa shape index (κ1) is 29.9. The molecule has 1 unspecified atom stereocenters. The first-order valence-electron chi connectivity index (χ1n) is 12.4. The summed E-state index contributed by atoms with van der Waals surface area (Å²) < 4.78 is 72.3. The van der Waals surface area contributed by atoms with Crippen molar-refractivity contribution in [3.8, 4) is 5.75 Å². The number of benzene rings is 2. The summed E-state index contributed by atoms with van der Waals surface area (Å²) in [5, 5.41) is 12.2. The number of carbonyl (C=O) groups is 2. The molecule has 2 heterocycles. The summed E-state index contributed by atoms with van der Waals surface area (Å²) in [5.41, 5.74) is -0.892. The van der Waals surface area contributed by atoms with Crippen LogP contribution in [0.2, 0.25) is 0 Å². The molecule has 15 heteroatoms. The second kappa shape index (κ2) is 13.1. The van der Waals surface area contributed by atoms with E-state index in [0.717, 1.165) is 21.4 Å². The zero-order valence-corrected chi connectivity index (χ0v) is 21.6. The number of pyridine rings is 1. The molecule has 0 spiro atoms. The predicted octanol–water partition coefficient (Wildman–Crippen LogP) is 4.09. The van der Waals surface area contributed by atoms with Crippen LogP contribution in [0, 0.1) is 5.82 Å². The minimum absolute atomic E-state index is 0.132. The lowest BCUT2D eigenvalue weighted by molar-refractivity contribution is -0.274. The Morgan fingerprint density at radius 1 is 1.02 bits per heavy atom. The second-order valence-corrected chi connectivity index (χ2v) is 8.95. The summed E-state index contributed by atoms with van der Waals surface area (Å²) in [7, 11) is 0. The Hall–Kier alpha value is -5.08. The van der Waals surface area contributed by atoms with E-state index in [1.807, 2.05) is 0 Å². The zero-order chi connectivity index (χ0) is 30.3. The maximum Gasteiger partial charge on any atom is 0.573 e. The Bertz CT molecular complexity index is 1610. The van der Waals surface area contributed by atoms with Gasteiger partial charge in [-0.25, -0.2) is 9.07 Å². The fourth-order valence-corrected chi connectivity index (χ4v) is 3.79. The molecule has 1 atom stereocenters. The zero-order valence-electron chi connectivity index (χ0n) is 21.6. The molecule has 4 aromatic rings. The van der Waals surface area contributed by atoms with Crippen LogP contribution in [0.5, 0.6) is 5.75 Å². The van der Waals surface area contributed by atoms with Crippen LogP contribution in [-0.4, -0.2) is 43.9 Å². The third-order valence-electron chi connectivity index (χ3n) is 5.82. The first-order valence-corrected chi connectivity index (χ1v) is 12.4. The minimum Gasteiger partial charge on any atom is -0.406 e. The van der Waals surface area contributed by atoms with Gasteiger partial charge in [-0.15, -0.1) is 18.3 Å². The molecule has 0 aliphatic carbocycles. The van der Waals surface area contributed by atoms with E-state index in [1.54, 1.807) is 18.2 Å². The number of carbonyl (C=O) groups excluding carboxylic acids is 2. The highest BCUT2D eigenvalue weighted by atomic mass is 19.4. The maximum absolute atomic E-state index is 14.6. The molecule has 10 nitrogen and oxygen atoms in total. The number of amides is 2. The number of anilines is 1. The molecule has 4 rings (SSSR count). The minimum atomic E-state index is -4.85. The normalized spacial score (nSPS) is 12.0. The van der Waals surface area contributed by atoms with E-state index in [4.69, 9.17) is 0 Å². The van der Waals surface area contributed by atoms with E-state index in [1.165, 1.54) is 42.7 Å². The van der Waals surface area contributed by atoms with Gasteiger partial charge in [-0.2, -0.15) is 4.39 Å². The molecule has 0 aliphatic heterocycles. The SMILES string of the molecule is O=C(Nc1ccn(CCC(F)Cn2cc(C(=O)NCc3cccc(OC(F)(F)F)c3)nn2)c(=O)c1F)c1ccccc1. The first-order chi connectivity index (χ1) is 20.0. The molecule has 0 aliphatic rings. The highest BCUT2D eigenvalue weighted by molar-refractivity contribution is 6.04. The molecule has 0 saturated carbocycles. The molecule has 0 saturated heterocycles. The number of hydrogen-bond donors (Lipinski definition) is 2. The average Bonchev–Trinajstić information content (AvgIpc) is 3.42. The molecule has 2 amide bonds. The van der Waals surface area contributed by atoms with Gasteiger partial charge in [0.25, 0.3) is 17.4 Å². The van der Waals surface area contributed by atoms with Gasteiger partial charge < -0.3 is 19.9 Å². The monoisotopic (exact) mass is 590 g/mol. The number of aromatic nitrogens is 4. The van der Waals surface area contributed by atoms with E-state index in [2.05, 4.69) is 25.7 Å². The largest absolute Gasteiger partial charge is 0.573 e. The van der Waals surface area contributed by atoms with Crippen LogP contribution < -0.4 is 20.9 Å². The van der Waals surface area contributed by atoms with Crippen LogP contribution >= 0.6 is 0 Å². The Kier molecular flexibility index (Phi) is 9.29. The second-order valence-electron chi connectivity index (χ2n) is 8.95. The topological polar surface area (TPSA) is 120 Å². The van der Waals surface area contributed by atoms with Gasteiger partial charge in [0, 0.05) is 24.8 Å². The van der Waals surface area contributed by atoms with Gasteiger partial charge in [0.15, 0.2) is 5.69 Å². The van der Waals surface area contributed by atoms with Crippen molar-refractivity contribution in [2.24, 2.45) is 0 Å². The smallest absolute Gasteiger partial charge is 0.406 e. The molecule has 2 aromatic carbocycles. The van der Waals surface area contributed by atoms with Crippen LogP contribution in [0.4, 0.5) is 27.6 Å². The van der Waals surface area contributed by atoms with Gasteiger partial charge in [-0.3, -0.25) is 14.4 Å². The third kappa shape index (κ3) is 8.22. The van der Waals surface area contributed by atoms with Gasteiger partial charge in [0.1, 0.15) is 11.9 Å². The number of ether oxygens (including phenoxy) is 1. The lowest BCUT2D eigenvalue weighted by Gasteiger charge is -2.12. The summed E-state index contributed by atoms with van der Waals surface area (Å²) in [4.78, 5) is 37.0. The Morgan fingerprint density at radius 2 is 1.79 bits per heavy atom. The Morgan fingerprint density at radius 3 is 2.52 bits per heavy atom. The molecule has 2 N–H and O–H groups in total. The number of alkyl halides is 4. The van der Waals surface area contributed by atoms with E-state index in [0.29, 0.717) is 5.56 Å². The number of halogens is 5. The molecular weight excluding hydrogens is 567 g/mol. The molecule has 0 bridgehead atoms. The van der Waals surface area contributed by atoms with E-state index < -0.39 is 41.5 Å². The van der Waals surface area contributed by atoms with E-state index >= 15 is 0 Å². The van der Waals surface area contributed by atoms with Gasteiger partial charge >= 0.3 is 6.36 Å². The Labute approximate surface area is 234 Å². The average molecular weight is 591 g/mol. The number of aryl methyl sites for hydroxylation is 1. The lowest BCUT2D eigenvalue weighted by atomic mass is 10.2. The van der Waals surface area contributed by atoms with Crippen molar-refractivity contribution in [1.82, 2.24) is 24.9 Å². The van der Waals surface area contributed by atoms with Crippen molar-refractivity contribution < 1.29 is 36.3 Å². The van der Waals surface area contributed by atoms with Gasteiger partial charge in [0.05, 0.1) is 18.4 Å². The molecule has 42 heavy (non-hydrogen) atoms. The molecule has 2 aromatic heterocycles. The number of rotatable bonds is 11. The lowest BCUT2D eigenvalue weighted by Crippen LogP contribution is -2.27. The number of nitrogens with zero attached hydrogens (tertiary/aromatic N) is 4. The summed E-state index contributed by atoms with van der Waals surface area (Å²) in [6, 6.07) is 14.3. The van der Waals surface area contributed by atoms with Gasteiger partial charge in [-0.1, -0.05) is 35.5 Å². The quantitative estimate of drug-likeness (QED) is 0.254. The molecular formula is C27H23F5N6O4. The van der Waals surface area contributed by atoms with E-state index in [-0.39, 0.29) is 43.0 Å². The standard InChI is InChI=1S/C27H23F5N6O4/c28-19(9-11-37-12-10-21(23(29)26(37)41)34-24(39)18-6-2-1-3-7-18)15-38-16-22(35-36-38)25(40)33-14-17-5-4-8-20(13-17)42-27(30,31)32/h1-8,10,12-13,16,19H,9,11,14-15H2,(H,33,40)(H,34,39). The summed E-state index contributed by atoms with van der Waals surface area (Å²) in [5.74, 6) is -2.92. The molecule has 0 radical (unpaired) electrons. The van der Waals surface area contributed by atoms with Crippen molar-refractivity contribution in [2.75, 3.05) is 5.32 Å². The maximum atomic E-state index is 14.6. The molecule has 0 fully saturated rings. The molecule has 220 valence electrons. The van der Waals surface area contributed by atoms with Crippen molar-refractivity contribution in [3.63, 3.8) is 0 Å². The van der Waals surface area contributed by atoms with Crippen molar-refractivity contribution in [2.45, 2.75) is 38.6 Å². The van der Waals surface area contributed by atoms with Crippen LogP contribution in [0.3, 0.4) is 0 Å². The number of hydrogen-bond acceptors (Lipinski definition) is 6. The predicted molar refractivity (Wildman–Crippen MR) is 139 cm³/mol. The summed E-state index contributed by atoms with van der Waals surface area (Å²) in [6.45, 7) is -0.630. The number of nitrogens with one attached hydrogen (secondary N) is 2. The fraction of sp³-hybridized carbons (Fsp3) is 0.222.